The van der Waals surface area contributed by atoms with E-state index in [1.807, 2.05) is 18.4 Å². The first kappa shape index (κ1) is 22.0. The van der Waals surface area contributed by atoms with Gasteiger partial charge in [-0.3, -0.25) is 4.90 Å². The molecular formula is C14H21BrF3IN4S. The Kier molecular flexibility index (Phi) is 9.31. The van der Waals surface area contributed by atoms with E-state index in [2.05, 4.69) is 31.6 Å². The second-order valence-electron chi connectivity index (χ2n) is 5.41. The van der Waals surface area contributed by atoms with Crippen LogP contribution in [0.15, 0.2) is 20.9 Å². The second-order valence-corrected chi connectivity index (χ2v) is 7.32. The third kappa shape index (κ3) is 7.87. The zero-order chi connectivity index (χ0) is 16.9. The number of hydrogen-bond donors (Lipinski definition) is 2. The highest BCUT2D eigenvalue weighted by atomic mass is 127. The molecule has 4 nitrogen and oxygen atoms in total. The van der Waals surface area contributed by atoms with Crippen LogP contribution in [0.1, 0.15) is 18.2 Å². The number of alkyl halides is 3. The molecule has 0 spiro atoms. The molecular weight excluding hydrogens is 520 g/mol. The van der Waals surface area contributed by atoms with E-state index in [0.29, 0.717) is 38.6 Å². The summed E-state index contributed by atoms with van der Waals surface area (Å²) in [4.78, 5) is 7.06. The van der Waals surface area contributed by atoms with E-state index in [1.165, 1.54) is 4.90 Å². The number of halogens is 5. The highest BCUT2D eigenvalue weighted by molar-refractivity contribution is 14.0. The fraction of sp³-hybridized carbons (Fsp3) is 0.643. The van der Waals surface area contributed by atoms with Gasteiger partial charge < -0.3 is 10.6 Å². The van der Waals surface area contributed by atoms with Crippen molar-refractivity contribution in [1.29, 1.82) is 0 Å². The summed E-state index contributed by atoms with van der Waals surface area (Å²) in [6, 6.07) is 2.00. The third-order valence-electron chi connectivity index (χ3n) is 3.38. The number of rotatable bonds is 5. The van der Waals surface area contributed by atoms with Crippen molar-refractivity contribution >= 4 is 57.2 Å². The average Bonchev–Trinajstić information content (AvgIpc) is 3.04. The topological polar surface area (TPSA) is 39.7 Å². The van der Waals surface area contributed by atoms with Gasteiger partial charge in [0.2, 0.25) is 0 Å². The molecule has 1 saturated heterocycles. The predicted molar refractivity (Wildman–Crippen MR) is 106 cm³/mol. The Morgan fingerprint density at radius 1 is 1.50 bits per heavy atom. The van der Waals surface area contributed by atoms with Gasteiger partial charge in [-0.05, 0) is 35.3 Å². The lowest BCUT2D eigenvalue weighted by atomic mass is 10.3. The molecule has 1 atom stereocenters. The van der Waals surface area contributed by atoms with E-state index < -0.39 is 12.7 Å². The summed E-state index contributed by atoms with van der Waals surface area (Å²) in [5.41, 5.74) is 0. The molecule has 10 heteroatoms. The van der Waals surface area contributed by atoms with Crippen LogP contribution in [-0.4, -0.2) is 49.3 Å². The van der Waals surface area contributed by atoms with Crippen LogP contribution in [0.3, 0.4) is 0 Å². The Labute approximate surface area is 169 Å². The normalized spacial score (nSPS) is 19.2. The monoisotopic (exact) mass is 540 g/mol. The molecule has 2 N–H and O–H groups in total. The predicted octanol–water partition coefficient (Wildman–Crippen LogP) is 3.82. The summed E-state index contributed by atoms with van der Waals surface area (Å²) >= 11 is 5.02. The Hall–Kier alpha value is -0.0700. The molecule has 1 aliphatic rings. The molecule has 138 valence electrons. The van der Waals surface area contributed by atoms with Crippen molar-refractivity contribution in [2.24, 2.45) is 4.99 Å². The largest absolute Gasteiger partial charge is 0.401 e. The van der Waals surface area contributed by atoms with Crippen molar-refractivity contribution in [3.63, 3.8) is 0 Å². The molecule has 1 aliphatic heterocycles. The molecule has 0 bridgehead atoms. The van der Waals surface area contributed by atoms with Crippen molar-refractivity contribution in [1.82, 2.24) is 15.5 Å². The summed E-state index contributed by atoms with van der Waals surface area (Å²) < 4.78 is 38.3. The van der Waals surface area contributed by atoms with Gasteiger partial charge in [-0.25, -0.2) is 4.99 Å². The van der Waals surface area contributed by atoms with Crippen LogP contribution in [0.5, 0.6) is 0 Å². The molecule has 0 saturated carbocycles. The van der Waals surface area contributed by atoms with Gasteiger partial charge in [-0.15, -0.1) is 35.3 Å². The molecule has 1 fully saturated rings. The van der Waals surface area contributed by atoms with Gasteiger partial charge in [0, 0.05) is 40.4 Å². The first-order valence-electron chi connectivity index (χ1n) is 7.42. The Bertz CT molecular complexity index is 538. The number of aliphatic imine (C=N–C) groups is 1. The molecule has 1 unspecified atom stereocenters. The van der Waals surface area contributed by atoms with Gasteiger partial charge >= 0.3 is 6.18 Å². The number of guanidine groups is 1. The Morgan fingerprint density at radius 2 is 2.25 bits per heavy atom. The van der Waals surface area contributed by atoms with Crippen molar-refractivity contribution in [2.75, 3.05) is 26.2 Å². The van der Waals surface area contributed by atoms with Crippen LogP contribution >= 0.6 is 51.2 Å². The van der Waals surface area contributed by atoms with E-state index in [-0.39, 0.29) is 30.0 Å². The number of thiophene rings is 1. The molecule has 2 rings (SSSR count). The van der Waals surface area contributed by atoms with E-state index >= 15 is 0 Å². The molecule has 0 radical (unpaired) electrons. The lowest BCUT2D eigenvalue weighted by molar-refractivity contribution is -0.143. The molecule has 2 heterocycles. The maximum absolute atomic E-state index is 12.4. The van der Waals surface area contributed by atoms with Crippen molar-refractivity contribution in [3.05, 3.63) is 20.8 Å². The maximum atomic E-state index is 12.4. The Morgan fingerprint density at radius 3 is 2.83 bits per heavy atom. The highest BCUT2D eigenvalue weighted by Gasteiger charge is 2.34. The number of nitrogens with one attached hydrogen (secondary N) is 2. The molecule has 0 amide bonds. The van der Waals surface area contributed by atoms with E-state index in [0.717, 1.165) is 9.35 Å². The molecule has 24 heavy (non-hydrogen) atoms. The van der Waals surface area contributed by atoms with Crippen molar-refractivity contribution in [3.8, 4) is 0 Å². The minimum absolute atomic E-state index is 0. The minimum atomic E-state index is -4.14. The van der Waals surface area contributed by atoms with Crippen LogP contribution in [0.4, 0.5) is 13.2 Å². The van der Waals surface area contributed by atoms with Gasteiger partial charge in [0.15, 0.2) is 5.96 Å². The van der Waals surface area contributed by atoms with Gasteiger partial charge in [-0.1, -0.05) is 0 Å². The standard InChI is InChI=1S/C14H20BrF3N4S.HI/c1-2-19-13(20-6-12-5-10(15)8-23-12)21-11-3-4-22(7-11)9-14(16,17)18;/h5,8,11H,2-4,6-7,9H2,1H3,(H2,19,20,21);1H. The second kappa shape index (κ2) is 10.2. The fourth-order valence-corrected chi connectivity index (χ4v) is 3.83. The summed E-state index contributed by atoms with van der Waals surface area (Å²) in [5.74, 6) is 0.649. The zero-order valence-electron chi connectivity index (χ0n) is 13.2. The lowest BCUT2D eigenvalue weighted by Gasteiger charge is -2.19. The van der Waals surface area contributed by atoms with E-state index in [1.54, 1.807) is 11.3 Å². The average molecular weight is 541 g/mol. The summed E-state index contributed by atoms with van der Waals surface area (Å²) in [7, 11) is 0. The van der Waals surface area contributed by atoms with Gasteiger partial charge in [0.1, 0.15) is 0 Å². The highest BCUT2D eigenvalue weighted by Crippen LogP contribution is 2.21. The van der Waals surface area contributed by atoms with Gasteiger partial charge in [0.25, 0.3) is 0 Å². The van der Waals surface area contributed by atoms with Crippen molar-refractivity contribution in [2.45, 2.75) is 32.1 Å². The fourth-order valence-electron chi connectivity index (χ4n) is 2.45. The first-order chi connectivity index (χ1) is 10.9. The third-order valence-corrected chi connectivity index (χ3v) is 5.06. The first-order valence-corrected chi connectivity index (χ1v) is 9.10. The maximum Gasteiger partial charge on any atom is 0.401 e. The van der Waals surface area contributed by atoms with Crippen LogP contribution in [-0.2, 0) is 6.54 Å². The Balaban J connectivity index is 0.00000288. The van der Waals surface area contributed by atoms with E-state index in [9.17, 15) is 13.2 Å². The molecule has 0 aliphatic carbocycles. The smallest absolute Gasteiger partial charge is 0.357 e. The molecule has 1 aromatic heterocycles. The minimum Gasteiger partial charge on any atom is -0.357 e. The lowest BCUT2D eigenvalue weighted by Crippen LogP contribution is -2.45. The van der Waals surface area contributed by atoms with Gasteiger partial charge in [-0.2, -0.15) is 13.2 Å². The number of hydrogen-bond acceptors (Lipinski definition) is 3. The molecule has 1 aromatic rings. The molecule has 0 aromatic carbocycles. The number of likely N-dealkylation sites (tertiary alicyclic amines) is 1. The quantitative estimate of drug-likeness (QED) is 0.339. The zero-order valence-corrected chi connectivity index (χ0v) is 17.9. The van der Waals surface area contributed by atoms with Crippen LogP contribution in [0.2, 0.25) is 0 Å². The van der Waals surface area contributed by atoms with Crippen LogP contribution in [0, 0.1) is 0 Å². The summed E-state index contributed by atoms with van der Waals surface area (Å²) in [6.07, 6.45) is -3.45. The van der Waals surface area contributed by atoms with Gasteiger partial charge in [0.05, 0.1) is 13.1 Å². The summed E-state index contributed by atoms with van der Waals surface area (Å²) in [6.45, 7) is 3.21. The van der Waals surface area contributed by atoms with Crippen LogP contribution < -0.4 is 10.6 Å². The SMILES string of the molecule is CCNC(=NCc1cc(Br)cs1)NC1CCN(CC(F)(F)F)C1.I. The van der Waals surface area contributed by atoms with E-state index in [4.69, 9.17) is 0 Å². The summed E-state index contributed by atoms with van der Waals surface area (Å²) in [5, 5.41) is 8.37. The van der Waals surface area contributed by atoms with Crippen molar-refractivity contribution < 1.29 is 13.2 Å². The number of nitrogens with zero attached hydrogens (tertiary/aromatic N) is 2. The van der Waals surface area contributed by atoms with Crippen LogP contribution in [0.25, 0.3) is 0 Å².